The molecule has 1 heterocycles. The molecule has 120 valence electrons. The fraction of sp³-hybridized carbons (Fsp3) is 0.833. The molecule has 0 bridgehead atoms. The predicted molar refractivity (Wildman–Crippen MR) is 99.9 cm³/mol. The van der Waals surface area contributed by atoms with E-state index in [0.29, 0.717) is 17.0 Å². The third kappa shape index (κ3) is 4.93. The highest BCUT2D eigenvalue weighted by Gasteiger charge is 2.29. The van der Waals surface area contributed by atoms with Crippen LogP contribution in [0.1, 0.15) is 73.6 Å². The summed E-state index contributed by atoms with van der Waals surface area (Å²) in [6, 6.07) is 0. The number of hydrazone groups is 1. The van der Waals surface area contributed by atoms with Gasteiger partial charge in [-0.2, -0.15) is 5.10 Å². The summed E-state index contributed by atoms with van der Waals surface area (Å²) in [4.78, 5) is 0. The molecule has 1 N–H and O–H groups in total. The Balaban J connectivity index is 2.13. The second-order valence-corrected chi connectivity index (χ2v) is 8.53. The molecule has 2 nitrogen and oxygen atoms in total. The smallest absolute Gasteiger partial charge is 0.179 e. The van der Waals surface area contributed by atoms with Gasteiger partial charge in [0.05, 0.1) is 0 Å². The third-order valence-corrected chi connectivity index (χ3v) is 4.71. The normalized spacial score (nSPS) is 26.6. The van der Waals surface area contributed by atoms with E-state index in [1.54, 1.807) is 5.57 Å². The van der Waals surface area contributed by atoms with E-state index in [1.807, 2.05) is 0 Å². The predicted octanol–water partition coefficient (Wildman–Crippen LogP) is 5.00. The lowest BCUT2D eigenvalue weighted by atomic mass is 9.45. The highest BCUT2D eigenvalue weighted by Crippen LogP contribution is 2.39. The van der Waals surface area contributed by atoms with Gasteiger partial charge >= 0.3 is 0 Å². The van der Waals surface area contributed by atoms with Crippen molar-refractivity contribution >= 4 is 20.3 Å². The molecule has 2 rings (SSSR count). The number of allylic oxidation sites excluding steroid dienone is 1. The minimum Gasteiger partial charge on any atom is -0.293 e. The first-order valence-corrected chi connectivity index (χ1v) is 9.00. The van der Waals surface area contributed by atoms with Crippen molar-refractivity contribution in [1.82, 2.24) is 5.43 Å². The zero-order valence-electron chi connectivity index (χ0n) is 15.4. The van der Waals surface area contributed by atoms with Crippen LogP contribution >= 0.6 is 0 Å². The van der Waals surface area contributed by atoms with Gasteiger partial charge in [0.2, 0.25) is 0 Å². The zero-order chi connectivity index (χ0) is 16.3. The lowest BCUT2D eigenvalue weighted by Gasteiger charge is -2.34. The number of rotatable bonds is 3. The van der Waals surface area contributed by atoms with Crippen LogP contribution in [0.2, 0.25) is 16.9 Å². The molecule has 4 heteroatoms. The first kappa shape index (κ1) is 17.7. The quantitative estimate of drug-likeness (QED) is 0.728. The summed E-state index contributed by atoms with van der Waals surface area (Å²) in [6.45, 7) is 13.6. The molecule has 2 radical (unpaired) electrons. The highest BCUT2D eigenvalue weighted by atomic mass is 15.3. The van der Waals surface area contributed by atoms with E-state index in [2.05, 4.69) is 66.6 Å². The molecule has 1 saturated carbocycles. The Morgan fingerprint density at radius 1 is 1.18 bits per heavy atom. The van der Waals surface area contributed by atoms with Crippen LogP contribution in [0.3, 0.4) is 0 Å². The maximum atomic E-state index is 4.57. The first-order valence-electron chi connectivity index (χ1n) is 9.00. The van der Waals surface area contributed by atoms with Gasteiger partial charge in [-0.15, -0.1) is 0 Å². The summed E-state index contributed by atoms with van der Waals surface area (Å²) < 4.78 is 0. The average Bonchev–Trinajstić information content (AvgIpc) is 2.35. The molecule has 0 amide bonds. The van der Waals surface area contributed by atoms with Gasteiger partial charge in [-0.3, -0.25) is 5.43 Å². The lowest BCUT2D eigenvalue weighted by Crippen LogP contribution is -2.31. The summed E-state index contributed by atoms with van der Waals surface area (Å²) in [5.41, 5.74) is 7.48. The minimum atomic E-state index is 0.326. The van der Waals surface area contributed by atoms with E-state index in [9.17, 15) is 0 Å². The number of hydrogen-bond acceptors (Lipinski definition) is 2. The van der Waals surface area contributed by atoms with Gasteiger partial charge in [-0.05, 0) is 25.4 Å². The van der Waals surface area contributed by atoms with Crippen molar-refractivity contribution in [2.75, 3.05) is 0 Å². The molecule has 0 aromatic carbocycles. The summed E-state index contributed by atoms with van der Waals surface area (Å²) in [7, 11) is 4.93. The van der Waals surface area contributed by atoms with Gasteiger partial charge in [0.15, 0.2) is 7.28 Å². The maximum absolute atomic E-state index is 4.57. The van der Waals surface area contributed by atoms with Gasteiger partial charge in [0, 0.05) is 11.6 Å². The van der Waals surface area contributed by atoms with E-state index in [-0.39, 0.29) is 0 Å². The highest BCUT2D eigenvalue weighted by molar-refractivity contribution is 6.47. The van der Waals surface area contributed by atoms with E-state index in [1.165, 1.54) is 43.4 Å². The van der Waals surface area contributed by atoms with Crippen LogP contribution in [-0.4, -0.2) is 20.3 Å². The summed E-state index contributed by atoms with van der Waals surface area (Å²) in [5.74, 6) is 1.89. The zero-order valence-corrected chi connectivity index (χ0v) is 15.4. The molecule has 0 saturated heterocycles. The fourth-order valence-electron chi connectivity index (χ4n) is 3.85. The van der Waals surface area contributed by atoms with Gasteiger partial charge < -0.3 is 0 Å². The number of nitrogens with one attached hydrogen (secondary N) is 1. The third-order valence-electron chi connectivity index (χ3n) is 4.71. The molecule has 0 spiro atoms. The van der Waals surface area contributed by atoms with Crippen LogP contribution in [0.5, 0.6) is 0 Å². The molecule has 2 unspecified atom stereocenters. The van der Waals surface area contributed by atoms with Crippen LogP contribution < -0.4 is 5.43 Å². The fourth-order valence-corrected chi connectivity index (χ4v) is 3.85. The van der Waals surface area contributed by atoms with Crippen LogP contribution in [0.15, 0.2) is 16.3 Å². The average molecular weight is 298 g/mol. The molecule has 2 atom stereocenters. The number of fused-ring (bicyclic) bond motifs is 1. The maximum Gasteiger partial charge on any atom is 0.179 e. The molecule has 22 heavy (non-hydrogen) atoms. The largest absolute Gasteiger partial charge is 0.293 e. The second-order valence-electron chi connectivity index (χ2n) is 8.53. The number of hydrogen-bond donors (Lipinski definition) is 1. The summed E-state index contributed by atoms with van der Waals surface area (Å²) in [5, 5.41) is 4.90. The summed E-state index contributed by atoms with van der Waals surface area (Å²) in [6.07, 6.45) is 6.41. The lowest BCUT2D eigenvalue weighted by molar-refractivity contribution is 0.505. The van der Waals surface area contributed by atoms with E-state index in [4.69, 9.17) is 0 Å². The van der Waals surface area contributed by atoms with Crippen molar-refractivity contribution in [3.63, 3.8) is 0 Å². The molecule has 0 aromatic heterocycles. The Morgan fingerprint density at radius 3 is 2.55 bits per heavy atom. The Bertz CT molecular complexity index is 446. The molecular weight excluding hydrogens is 266 g/mol. The van der Waals surface area contributed by atoms with Crippen LogP contribution in [0, 0.1) is 5.92 Å². The Kier molecular flexibility index (Phi) is 5.85. The van der Waals surface area contributed by atoms with Crippen LogP contribution in [0.4, 0.5) is 0 Å². The molecule has 1 aliphatic carbocycles. The Hall–Kier alpha value is -0.660. The van der Waals surface area contributed by atoms with Crippen molar-refractivity contribution in [3.8, 4) is 0 Å². The molecule has 1 fully saturated rings. The van der Waals surface area contributed by atoms with Crippen molar-refractivity contribution in [3.05, 3.63) is 11.2 Å². The SMILES string of the molecule is CC1=NNC([B]C(C)C)=C2CCC([B]C(C)(C)C)CCCC12. The Labute approximate surface area is 139 Å². The molecule has 0 aromatic rings. The van der Waals surface area contributed by atoms with E-state index in [0.717, 1.165) is 5.82 Å². The van der Waals surface area contributed by atoms with Crippen molar-refractivity contribution in [2.24, 2.45) is 11.0 Å². The Morgan fingerprint density at radius 2 is 1.91 bits per heavy atom. The van der Waals surface area contributed by atoms with Crippen molar-refractivity contribution in [2.45, 2.75) is 90.6 Å². The first-order chi connectivity index (χ1) is 10.3. The molecule has 1 aliphatic heterocycles. The second kappa shape index (κ2) is 7.27. The van der Waals surface area contributed by atoms with Crippen molar-refractivity contribution in [1.29, 1.82) is 0 Å². The molecular formula is C18H32B2N2. The molecule has 2 aliphatic rings. The minimum absolute atomic E-state index is 0.326. The van der Waals surface area contributed by atoms with Crippen LogP contribution in [0.25, 0.3) is 0 Å². The monoisotopic (exact) mass is 298 g/mol. The van der Waals surface area contributed by atoms with Gasteiger partial charge in [0.25, 0.3) is 0 Å². The van der Waals surface area contributed by atoms with Crippen molar-refractivity contribution < 1.29 is 0 Å². The van der Waals surface area contributed by atoms with E-state index < -0.39 is 0 Å². The topological polar surface area (TPSA) is 24.4 Å². The summed E-state index contributed by atoms with van der Waals surface area (Å²) >= 11 is 0. The van der Waals surface area contributed by atoms with E-state index >= 15 is 0 Å². The number of nitrogens with zero attached hydrogens (tertiary/aromatic N) is 1. The standard InChI is InChI=1S/C18H32B2N2/c1-12(2)19-17-16-11-10-14(20-18(4,5)6)8-7-9-15(16)13(3)21-22-17/h12,14-15,22H,7-11H2,1-6H3. The van der Waals surface area contributed by atoms with Crippen LogP contribution in [-0.2, 0) is 0 Å². The van der Waals surface area contributed by atoms with Gasteiger partial charge in [-0.1, -0.05) is 76.4 Å². The van der Waals surface area contributed by atoms with Gasteiger partial charge in [0.1, 0.15) is 7.28 Å². The van der Waals surface area contributed by atoms with Gasteiger partial charge in [-0.25, -0.2) is 0 Å².